The molecule has 16 heavy (non-hydrogen) atoms. The number of benzene rings is 2. The van der Waals surface area contributed by atoms with Gasteiger partial charge in [-0.1, -0.05) is 42.5 Å². The number of aliphatic hydroxyl groups is 1. The molecule has 0 aliphatic heterocycles. The van der Waals surface area contributed by atoms with Gasteiger partial charge in [-0.3, -0.25) is 0 Å². The van der Waals surface area contributed by atoms with Crippen molar-refractivity contribution in [3.8, 4) is 11.1 Å². The Morgan fingerprint density at radius 2 is 1.56 bits per heavy atom. The number of rotatable bonds is 1. The van der Waals surface area contributed by atoms with E-state index in [2.05, 4.69) is 0 Å². The molecule has 1 N–H and O–H groups in total. The van der Waals surface area contributed by atoms with Gasteiger partial charge in [-0.2, -0.15) is 0 Å². The van der Waals surface area contributed by atoms with Crippen LogP contribution in [0.5, 0.6) is 0 Å². The standard InChI is InChI=1S/C13H11F.CH4O/c1-10-7-8-12(13(14)9-10)11-5-3-2-4-6-11;1-2/h2-9H,1H3;2H,1H3. The van der Waals surface area contributed by atoms with Gasteiger partial charge in [0.05, 0.1) is 0 Å². The van der Waals surface area contributed by atoms with Crippen LogP contribution in [0.25, 0.3) is 11.1 Å². The van der Waals surface area contributed by atoms with E-state index >= 15 is 0 Å². The summed E-state index contributed by atoms with van der Waals surface area (Å²) in [5, 5.41) is 7.00. The SMILES string of the molecule is CO.Cc1ccc(-c2ccccc2)c(F)c1. The van der Waals surface area contributed by atoms with Crippen molar-refractivity contribution in [2.75, 3.05) is 7.11 Å². The lowest BCUT2D eigenvalue weighted by molar-refractivity contribution is 0.399. The van der Waals surface area contributed by atoms with Gasteiger partial charge in [-0.05, 0) is 24.1 Å². The van der Waals surface area contributed by atoms with E-state index in [0.29, 0.717) is 5.56 Å². The Kier molecular flexibility index (Phi) is 4.67. The van der Waals surface area contributed by atoms with Crippen LogP contribution >= 0.6 is 0 Å². The van der Waals surface area contributed by atoms with Gasteiger partial charge in [0.1, 0.15) is 5.82 Å². The largest absolute Gasteiger partial charge is 0.400 e. The maximum Gasteiger partial charge on any atom is 0.131 e. The first-order chi connectivity index (χ1) is 7.77. The molecule has 0 atom stereocenters. The van der Waals surface area contributed by atoms with Crippen LogP contribution in [-0.4, -0.2) is 12.2 Å². The molecule has 0 spiro atoms. The second kappa shape index (κ2) is 6.03. The molecule has 0 amide bonds. The van der Waals surface area contributed by atoms with Crippen molar-refractivity contribution in [1.82, 2.24) is 0 Å². The smallest absolute Gasteiger partial charge is 0.131 e. The lowest BCUT2D eigenvalue weighted by Crippen LogP contribution is -1.84. The van der Waals surface area contributed by atoms with Crippen molar-refractivity contribution in [3.05, 3.63) is 59.9 Å². The Balaban J connectivity index is 0.000000606. The molecule has 0 heterocycles. The Morgan fingerprint density at radius 3 is 2.12 bits per heavy atom. The van der Waals surface area contributed by atoms with Gasteiger partial charge in [0, 0.05) is 12.7 Å². The van der Waals surface area contributed by atoms with E-state index in [1.807, 2.05) is 49.4 Å². The third kappa shape index (κ3) is 2.91. The zero-order valence-corrected chi connectivity index (χ0v) is 9.44. The van der Waals surface area contributed by atoms with Gasteiger partial charge in [-0.15, -0.1) is 0 Å². The molecule has 0 fully saturated rings. The number of aryl methyl sites for hydroxylation is 1. The maximum absolute atomic E-state index is 13.5. The second-order valence-electron chi connectivity index (χ2n) is 3.35. The quantitative estimate of drug-likeness (QED) is 0.777. The van der Waals surface area contributed by atoms with Crippen LogP contribution in [0.2, 0.25) is 0 Å². The Bertz CT molecular complexity index is 438. The third-order valence-corrected chi connectivity index (χ3v) is 2.21. The topological polar surface area (TPSA) is 20.2 Å². The van der Waals surface area contributed by atoms with Crippen LogP contribution in [0.3, 0.4) is 0 Å². The normalized spacial score (nSPS) is 9.25. The molecule has 0 aromatic heterocycles. The Labute approximate surface area is 95.2 Å². The molecule has 0 saturated carbocycles. The van der Waals surface area contributed by atoms with E-state index in [1.165, 1.54) is 0 Å². The molecule has 2 aromatic carbocycles. The molecule has 0 aliphatic carbocycles. The van der Waals surface area contributed by atoms with Crippen molar-refractivity contribution in [2.24, 2.45) is 0 Å². The van der Waals surface area contributed by atoms with Crippen molar-refractivity contribution in [3.63, 3.8) is 0 Å². The summed E-state index contributed by atoms with van der Waals surface area (Å²) in [6.07, 6.45) is 0. The molecule has 2 rings (SSSR count). The molecule has 0 radical (unpaired) electrons. The first-order valence-electron chi connectivity index (χ1n) is 5.03. The predicted molar refractivity (Wildman–Crippen MR) is 64.7 cm³/mol. The summed E-state index contributed by atoms with van der Waals surface area (Å²) < 4.78 is 13.5. The summed E-state index contributed by atoms with van der Waals surface area (Å²) >= 11 is 0. The fourth-order valence-corrected chi connectivity index (χ4v) is 1.47. The molecule has 0 aliphatic rings. The number of aliphatic hydroxyl groups excluding tert-OH is 1. The van der Waals surface area contributed by atoms with Gasteiger partial charge in [0.25, 0.3) is 0 Å². The minimum absolute atomic E-state index is 0.156. The minimum atomic E-state index is -0.156. The number of hydrogen-bond donors (Lipinski definition) is 1. The highest BCUT2D eigenvalue weighted by Crippen LogP contribution is 2.22. The zero-order valence-electron chi connectivity index (χ0n) is 9.44. The lowest BCUT2D eigenvalue weighted by atomic mass is 10.0. The number of hydrogen-bond acceptors (Lipinski definition) is 1. The highest BCUT2D eigenvalue weighted by atomic mass is 19.1. The number of halogens is 1. The lowest BCUT2D eigenvalue weighted by Gasteiger charge is -2.03. The van der Waals surface area contributed by atoms with Gasteiger partial charge in [0.2, 0.25) is 0 Å². The monoisotopic (exact) mass is 218 g/mol. The molecule has 2 heteroatoms. The Hall–Kier alpha value is -1.67. The molecule has 0 unspecified atom stereocenters. The summed E-state index contributed by atoms with van der Waals surface area (Å²) in [5.41, 5.74) is 2.53. The summed E-state index contributed by atoms with van der Waals surface area (Å²) in [6, 6.07) is 14.9. The van der Waals surface area contributed by atoms with E-state index < -0.39 is 0 Å². The van der Waals surface area contributed by atoms with Crippen LogP contribution in [0.1, 0.15) is 5.56 Å². The van der Waals surface area contributed by atoms with Crippen molar-refractivity contribution >= 4 is 0 Å². The minimum Gasteiger partial charge on any atom is -0.400 e. The van der Waals surface area contributed by atoms with Crippen LogP contribution in [-0.2, 0) is 0 Å². The van der Waals surface area contributed by atoms with E-state index in [1.54, 1.807) is 6.07 Å². The maximum atomic E-state index is 13.5. The van der Waals surface area contributed by atoms with Crippen LogP contribution in [0.4, 0.5) is 4.39 Å². The molecular weight excluding hydrogens is 203 g/mol. The fraction of sp³-hybridized carbons (Fsp3) is 0.143. The first kappa shape index (κ1) is 12.4. The average Bonchev–Trinajstić information content (AvgIpc) is 2.33. The van der Waals surface area contributed by atoms with Crippen molar-refractivity contribution in [2.45, 2.75) is 6.92 Å². The van der Waals surface area contributed by atoms with Crippen LogP contribution in [0.15, 0.2) is 48.5 Å². The fourth-order valence-electron chi connectivity index (χ4n) is 1.47. The average molecular weight is 218 g/mol. The second-order valence-corrected chi connectivity index (χ2v) is 3.35. The summed E-state index contributed by atoms with van der Waals surface area (Å²) in [7, 11) is 1.00. The molecule has 0 bridgehead atoms. The highest BCUT2D eigenvalue weighted by molar-refractivity contribution is 5.64. The third-order valence-electron chi connectivity index (χ3n) is 2.21. The molecule has 2 aromatic rings. The highest BCUT2D eigenvalue weighted by Gasteiger charge is 2.03. The van der Waals surface area contributed by atoms with Crippen molar-refractivity contribution in [1.29, 1.82) is 0 Å². The predicted octanol–water partition coefficient (Wildman–Crippen LogP) is 3.41. The van der Waals surface area contributed by atoms with Crippen molar-refractivity contribution < 1.29 is 9.50 Å². The first-order valence-corrected chi connectivity index (χ1v) is 5.03. The van der Waals surface area contributed by atoms with Crippen LogP contribution < -0.4 is 0 Å². The Morgan fingerprint density at radius 1 is 0.938 bits per heavy atom. The van der Waals surface area contributed by atoms with Gasteiger partial charge in [0.15, 0.2) is 0 Å². The molecule has 84 valence electrons. The van der Waals surface area contributed by atoms with Crippen LogP contribution in [0, 0.1) is 12.7 Å². The van der Waals surface area contributed by atoms with E-state index in [4.69, 9.17) is 5.11 Å². The molecule has 0 saturated heterocycles. The van der Waals surface area contributed by atoms with Gasteiger partial charge < -0.3 is 5.11 Å². The summed E-state index contributed by atoms with van der Waals surface area (Å²) in [5.74, 6) is -0.156. The van der Waals surface area contributed by atoms with E-state index in [0.717, 1.165) is 18.2 Å². The van der Waals surface area contributed by atoms with E-state index in [-0.39, 0.29) is 5.82 Å². The van der Waals surface area contributed by atoms with Gasteiger partial charge >= 0.3 is 0 Å². The zero-order chi connectivity index (χ0) is 12.0. The molecular formula is C14H15FO. The van der Waals surface area contributed by atoms with Gasteiger partial charge in [-0.25, -0.2) is 4.39 Å². The molecule has 1 nitrogen and oxygen atoms in total. The van der Waals surface area contributed by atoms with E-state index in [9.17, 15) is 4.39 Å². The summed E-state index contributed by atoms with van der Waals surface area (Å²) in [4.78, 5) is 0. The summed E-state index contributed by atoms with van der Waals surface area (Å²) in [6.45, 7) is 1.89.